The van der Waals surface area contributed by atoms with Crippen LogP contribution in [0.25, 0.3) is 0 Å². The molecule has 20 heavy (non-hydrogen) atoms. The molecule has 2 rings (SSSR count). The molecule has 0 atom stereocenters. The fourth-order valence-corrected chi connectivity index (χ4v) is 2.59. The zero-order valence-electron chi connectivity index (χ0n) is 12.6. The number of nitrogens with one attached hydrogen (secondary N) is 1. The van der Waals surface area contributed by atoms with Crippen LogP contribution in [-0.2, 0) is 0 Å². The van der Waals surface area contributed by atoms with Gasteiger partial charge in [0, 0.05) is 17.8 Å². The third kappa shape index (κ3) is 3.57. The molecule has 0 heterocycles. The average Bonchev–Trinajstić information content (AvgIpc) is 2.39. The Bertz CT molecular complexity index is 428. The van der Waals surface area contributed by atoms with Crippen molar-refractivity contribution in [2.75, 3.05) is 25.6 Å². The number of ether oxygens (including phenoxy) is 2. The number of hydrogen-bond acceptors (Lipinski definition) is 4. The smallest absolute Gasteiger partial charge is 0.163 e. The van der Waals surface area contributed by atoms with Gasteiger partial charge in [0.15, 0.2) is 11.5 Å². The highest BCUT2D eigenvalue weighted by Crippen LogP contribution is 2.37. The average molecular weight is 279 g/mol. The lowest BCUT2D eigenvalue weighted by Crippen LogP contribution is -2.37. The highest BCUT2D eigenvalue weighted by Gasteiger charge is 2.31. The van der Waals surface area contributed by atoms with E-state index in [9.17, 15) is 0 Å². The fourth-order valence-electron chi connectivity index (χ4n) is 2.59. The second-order valence-electron chi connectivity index (χ2n) is 5.75. The monoisotopic (exact) mass is 279 g/mol. The first kappa shape index (κ1) is 15.0. The minimum atomic E-state index is -0.000492. The van der Waals surface area contributed by atoms with Gasteiger partial charge in [0.05, 0.1) is 13.7 Å². The molecule has 1 aromatic rings. The van der Waals surface area contributed by atoms with Crippen molar-refractivity contribution in [1.82, 2.24) is 0 Å². The summed E-state index contributed by atoms with van der Waals surface area (Å²) < 4.78 is 10.8. The van der Waals surface area contributed by atoms with Crippen LogP contribution in [-0.4, -0.2) is 31.5 Å². The van der Waals surface area contributed by atoms with Gasteiger partial charge in [-0.2, -0.15) is 0 Å². The summed E-state index contributed by atoms with van der Waals surface area (Å²) in [7, 11) is 1.62. The van der Waals surface area contributed by atoms with Crippen LogP contribution in [0, 0.1) is 11.8 Å². The Morgan fingerprint density at radius 3 is 2.65 bits per heavy atom. The Labute approximate surface area is 121 Å². The third-order valence-corrected chi connectivity index (χ3v) is 4.00. The Morgan fingerprint density at radius 1 is 1.30 bits per heavy atom. The minimum absolute atomic E-state index is 0.000492. The summed E-state index contributed by atoms with van der Waals surface area (Å²) >= 11 is 0. The number of benzene rings is 1. The van der Waals surface area contributed by atoms with Gasteiger partial charge in [0.2, 0.25) is 0 Å². The minimum Gasteiger partial charge on any atom is -0.493 e. The number of methoxy groups -OCH3 is 1. The van der Waals surface area contributed by atoms with Crippen molar-refractivity contribution in [3.8, 4) is 11.5 Å². The van der Waals surface area contributed by atoms with E-state index in [1.165, 1.54) is 12.8 Å². The number of anilines is 1. The van der Waals surface area contributed by atoms with E-state index in [1.807, 2.05) is 18.2 Å². The van der Waals surface area contributed by atoms with Gasteiger partial charge < -0.3 is 19.9 Å². The molecular formula is C16H25NO3. The van der Waals surface area contributed by atoms with Crippen LogP contribution in [0.3, 0.4) is 0 Å². The van der Waals surface area contributed by atoms with Crippen molar-refractivity contribution < 1.29 is 14.6 Å². The highest BCUT2D eigenvalue weighted by molar-refractivity contribution is 5.55. The number of aliphatic hydroxyl groups is 1. The Kier molecular flexibility index (Phi) is 5.12. The number of hydrogen-bond donors (Lipinski definition) is 2. The van der Waals surface area contributed by atoms with E-state index in [2.05, 4.69) is 19.2 Å². The second-order valence-corrected chi connectivity index (χ2v) is 5.75. The molecule has 0 aliphatic heterocycles. The summed E-state index contributed by atoms with van der Waals surface area (Å²) in [5, 5.41) is 12.4. The molecule has 0 saturated heterocycles. The van der Waals surface area contributed by atoms with Crippen LogP contribution in [0.4, 0.5) is 5.69 Å². The topological polar surface area (TPSA) is 50.7 Å². The first-order valence-electron chi connectivity index (χ1n) is 7.32. The van der Waals surface area contributed by atoms with Crippen LogP contribution >= 0.6 is 0 Å². The van der Waals surface area contributed by atoms with Crippen molar-refractivity contribution in [1.29, 1.82) is 0 Å². The standard InChI is InChI=1S/C16H25NO3/c1-11(2)12-8-14(9-12)17-13-4-5-15(19-3)16(10-13)20-7-6-18/h4-5,10-12,14,17-18H,6-9H2,1-3H3. The van der Waals surface area contributed by atoms with Crippen molar-refractivity contribution in [3.63, 3.8) is 0 Å². The van der Waals surface area contributed by atoms with Crippen molar-refractivity contribution in [2.24, 2.45) is 11.8 Å². The van der Waals surface area contributed by atoms with Gasteiger partial charge in [-0.25, -0.2) is 0 Å². The summed E-state index contributed by atoms with van der Waals surface area (Å²) in [6, 6.07) is 6.40. The zero-order chi connectivity index (χ0) is 14.5. The van der Waals surface area contributed by atoms with E-state index in [0.29, 0.717) is 17.5 Å². The first-order chi connectivity index (χ1) is 9.63. The molecule has 4 nitrogen and oxygen atoms in total. The fraction of sp³-hybridized carbons (Fsp3) is 0.625. The molecule has 0 unspecified atom stereocenters. The lowest BCUT2D eigenvalue weighted by Gasteiger charge is -2.39. The summed E-state index contributed by atoms with van der Waals surface area (Å²) in [5.74, 6) is 2.98. The SMILES string of the molecule is COc1ccc(NC2CC(C(C)C)C2)cc1OCCO. The second kappa shape index (κ2) is 6.84. The maximum atomic E-state index is 8.85. The zero-order valence-corrected chi connectivity index (χ0v) is 12.6. The maximum absolute atomic E-state index is 8.85. The lowest BCUT2D eigenvalue weighted by atomic mass is 9.73. The summed E-state index contributed by atoms with van der Waals surface area (Å²) in [6.07, 6.45) is 2.47. The van der Waals surface area contributed by atoms with Crippen LogP contribution in [0.2, 0.25) is 0 Å². The number of aliphatic hydroxyl groups excluding tert-OH is 1. The molecule has 0 aromatic heterocycles. The van der Waals surface area contributed by atoms with E-state index in [4.69, 9.17) is 14.6 Å². The third-order valence-electron chi connectivity index (χ3n) is 4.00. The van der Waals surface area contributed by atoms with Crippen molar-refractivity contribution >= 4 is 5.69 Å². The Morgan fingerprint density at radius 2 is 2.05 bits per heavy atom. The van der Waals surface area contributed by atoms with E-state index in [1.54, 1.807) is 7.11 Å². The normalized spacial score (nSPS) is 21.4. The van der Waals surface area contributed by atoms with E-state index in [-0.39, 0.29) is 13.2 Å². The van der Waals surface area contributed by atoms with Crippen molar-refractivity contribution in [2.45, 2.75) is 32.7 Å². The van der Waals surface area contributed by atoms with E-state index >= 15 is 0 Å². The van der Waals surface area contributed by atoms with E-state index < -0.39 is 0 Å². The molecular weight excluding hydrogens is 254 g/mol. The highest BCUT2D eigenvalue weighted by atomic mass is 16.5. The molecule has 2 N–H and O–H groups in total. The predicted molar refractivity (Wildman–Crippen MR) is 80.5 cm³/mol. The number of rotatable bonds is 7. The van der Waals surface area contributed by atoms with Gasteiger partial charge in [0.1, 0.15) is 6.61 Å². The summed E-state index contributed by atoms with van der Waals surface area (Å²) in [6.45, 7) is 4.85. The molecule has 0 bridgehead atoms. The summed E-state index contributed by atoms with van der Waals surface area (Å²) in [5.41, 5.74) is 1.05. The molecule has 112 valence electrons. The van der Waals surface area contributed by atoms with Crippen LogP contribution in [0.15, 0.2) is 18.2 Å². The molecule has 1 fully saturated rings. The largest absolute Gasteiger partial charge is 0.493 e. The maximum Gasteiger partial charge on any atom is 0.163 e. The van der Waals surface area contributed by atoms with Crippen LogP contribution in [0.5, 0.6) is 11.5 Å². The quantitative estimate of drug-likeness (QED) is 0.806. The molecule has 1 aliphatic rings. The van der Waals surface area contributed by atoms with Gasteiger partial charge in [-0.3, -0.25) is 0 Å². The predicted octanol–water partition coefficient (Wildman–Crippen LogP) is 2.91. The molecule has 0 spiro atoms. The molecule has 1 aromatic carbocycles. The van der Waals surface area contributed by atoms with Crippen LogP contribution in [0.1, 0.15) is 26.7 Å². The molecule has 1 aliphatic carbocycles. The summed E-state index contributed by atoms with van der Waals surface area (Å²) in [4.78, 5) is 0. The first-order valence-corrected chi connectivity index (χ1v) is 7.32. The van der Waals surface area contributed by atoms with Gasteiger partial charge >= 0.3 is 0 Å². The van der Waals surface area contributed by atoms with Gasteiger partial charge in [0.25, 0.3) is 0 Å². The lowest BCUT2D eigenvalue weighted by molar-refractivity contribution is 0.196. The Hall–Kier alpha value is -1.42. The molecule has 0 amide bonds. The molecule has 1 saturated carbocycles. The van der Waals surface area contributed by atoms with Crippen molar-refractivity contribution in [3.05, 3.63) is 18.2 Å². The van der Waals surface area contributed by atoms with Gasteiger partial charge in [-0.1, -0.05) is 13.8 Å². The molecule has 4 heteroatoms. The Balaban J connectivity index is 1.95. The van der Waals surface area contributed by atoms with E-state index in [0.717, 1.165) is 17.5 Å². The van der Waals surface area contributed by atoms with Crippen LogP contribution < -0.4 is 14.8 Å². The molecule has 0 radical (unpaired) electrons. The van der Waals surface area contributed by atoms with Gasteiger partial charge in [-0.05, 0) is 36.8 Å². The van der Waals surface area contributed by atoms with Gasteiger partial charge in [-0.15, -0.1) is 0 Å².